The van der Waals surface area contributed by atoms with Crippen LogP contribution < -0.4 is 20.9 Å². The van der Waals surface area contributed by atoms with Crippen LogP contribution in [0.4, 0.5) is 0 Å². The summed E-state index contributed by atoms with van der Waals surface area (Å²) in [6.45, 7) is 4.18. The average Bonchev–Trinajstić information content (AvgIpc) is 2.28. The van der Waals surface area contributed by atoms with Crippen LogP contribution in [0.3, 0.4) is 0 Å². The van der Waals surface area contributed by atoms with E-state index in [-0.39, 0.29) is 0 Å². The topological polar surface area (TPSA) is 70.5 Å². The van der Waals surface area contributed by atoms with Gasteiger partial charge in [-0.1, -0.05) is 0 Å². The molecule has 90 valence electrons. The molecule has 1 aromatic carbocycles. The average molecular weight is 224 g/mol. The van der Waals surface area contributed by atoms with Crippen LogP contribution in [-0.2, 0) is 5.54 Å². The number of methoxy groups -OCH3 is 2. The molecule has 0 radical (unpaired) electrons. The van der Waals surface area contributed by atoms with E-state index in [9.17, 15) is 0 Å². The Kier molecular flexibility index (Phi) is 3.78. The summed E-state index contributed by atoms with van der Waals surface area (Å²) in [6.07, 6.45) is 0. The molecule has 4 heteroatoms. The van der Waals surface area contributed by atoms with Gasteiger partial charge in [-0.2, -0.15) is 0 Å². The van der Waals surface area contributed by atoms with E-state index in [0.29, 0.717) is 6.54 Å². The van der Waals surface area contributed by atoms with Crippen LogP contribution in [0.5, 0.6) is 11.5 Å². The highest BCUT2D eigenvalue weighted by Gasteiger charge is 2.25. The van der Waals surface area contributed by atoms with Gasteiger partial charge >= 0.3 is 0 Å². The first-order valence-electron chi connectivity index (χ1n) is 5.19. The fourth-order valence-corrected chi connectivity index (χ4v) is 1.72. The maximum absolute atomic E-state index is 6.13. The molecular formula is C12H20N2O2. The van der Waals surface area contributed by atoms with Gasteiger partial charge < -0.3 is 20.9 Å². The minimum absolute atomic E-state index is 0.356. The number of hydrogen-bond acceptors (Lipinski definition) is 4. The van der Waals surface area contributed by atoms with Crippen LogP contribution >= 0.6 is 0 Å². The van der Waals surface area contributed by atoms with Crippen molar-refractivity contribution in [2.75, 3.05) is 20.8 Å². The summed E-state index contributed by atoms with van der Waals surface area (Å²) in [7, 11) is 3.25. The summed E-state index contributed by atoms with van der Waals surface area (Å²) >= 11 is 0. The van der Waals surface area contributed by atoms with Gasteiger partial charge in [-0.15, -0.1) is 0 Å². The van der Waals surface area contributed by atoms with Gasteiger partial charge in [-0.3, -0.25) is 0 Å². The minimum Gasteiger partial charge on any atom is -0.496 e. The summed E-state index contributed by atoms with van der Waals surface area (Å²) in [5.74, 6) is 1.53. The molecule has 0 aliphatic heterocycles. The first kappa shape index (κ1) is 12.8. The molecule has 1 atom stereocenters. The maximum atomic E-state index is 6.13. The molecule has 0 saturated carbocycles. The van der Waals surface area contributed by atoms with Crippen LogP contribution in [0.1, 0.15) is 18.1 Å². The lowest BCUT2D eigenvalue weighted by Crippen LogP contribution is -2.41. The Balaban J connectivity index is 3.37. The largest absolute Gasteiger partial charge is 0.496 e. The summed E-state index contributed by atoms with van der Waals surface area (Å²) in [5.41, 5.74) is 13.0. The molecule has 1 unspecified atom stereocenters. The molecule has 1 aromatic rings. The molecule has 0 saturated heterocycles. The summed E-state index contributed by atoms with van der Waals surface area (Å²) < 4.78 is 10.6. The Hall–Kier alpha value is -1.26. The zero-order valence-corrected chi connectivity index (χ0v) is 10.3. The molecule has 16 heavy (non-hydrogen) atoms. The highest BCUT2D eigenvalue weighted by atomic mass is 16.5. The van der Waals surface area contributed by atoms with Crippen molar-refractivity contribution in [3.8, 4) is 11.5 Å². The minimum atomic E-state index is -0.595. The van der Waals surface area contributed by atoms with Crippen molar-refractivity contribution in [1.82, 2.24) is 0 Å². The normalized spacial score (nSPS) is 14.4. The summed E-state index contributed by atoms with van der Waals surface area (Å²) in [5, 5.41) is 0. The molecule has 0 spiro atoms. The first-order chi connectivity index (χ1) is 7.47. The lowest BCUT2D eigenvalue weighted by atomic mass is 9.90. The molecule has 4 N–H and O–H groups in total. The molecular weight excluding hydrogens is 204 g/mol. The van der Waals surface area contributed by atoms with Crippen molar-refractivity contribution in [2.24, 2.45) is 11.5 Å². The number of ether oxygens (including phenoxy) is 2. The van der Waals surface area contributed by atoms with Crippen LogP contribution in [0.15, 0.2) is 12.1 Å². The fourth-order valence-electron chi connectivity index (χ4n) is 1.72. The lowest BCUT2D eigenvalue weighted by molar-refractivity contribution is 0.372. The van der Waals surface area contributed by atoms with Gasteiger partial charge in [0.1, 0.15) is 11.5 Å². The van der Waals surface area contributed by atoms with Gasteiger partial charge in [0.2, 0.25) is 0 Å². The van der Waals surface area contributed by atoms with Crippen LogP contribution in [-0.4, -0.2) is 20.8 Å². The van der Waals surface area contributed by atoms with Crippen molar-refractivity contribution in [3.05, 3.63) is 23.3 Å². The molecule has 0 bridgehead atoms. The van der Waals surface area contributed by atoms with E-state index < -0.39 is 5.54 Å². The summed E-state index contributed by atoms with van der Waals surface area (Å²) in [4.78, 5) is 0. The summed E-state index contributed by atoms with van der Waals surface area (Å²) in [6, 6.07) is 3.78. The van der Waals surface area contributed by atoms with E-state index in [2.05, 4.69) is 0 Å². The predicted octanol–water partition coefficient (Wildman–Crippen LogP) is 1.14. The van der Waals surface area contributed by atoms with Gasteiger partial charge in [0.05, 0.1) is 19.8 Å². The van der Waals surface area contributed by atoms with Crippen molar-refractivity contribution >= 4 is 0 Å². The molecule has 1 rings (SSSR count). The molecule has 0 heterocycles. The second-order valence-electron chi connectivity index (χ2n) is 4.10. The molecule has 0 aliphatic carbocycles. The third kappa shape index (κ3) is 2.13. The van der Waals surface area contributed by atoms with E-state index in [1.165, 1.54) is 0 Å². The highest BCUT2D eigenvalue weighted by molar-refractivity contribution is 5.51. The van der Waals surface area contributed by atoms with Gasteiger partial charge in [0.15, 0.2) is 0 Å². The van der Waals surface area contributed by atoms with E-state index in [1.54, 1.807) is 14.2 Å². The van der Waals surface area contributed by atoms with E-state index in [0.717, 1.165) is 22.6 Å². The highest BCUT2D eigenvalue weighted by Crippen LogP contribution is 2.35. The van der Waals surface area contributed by atoms with Crippen molar-refractivity contribution in [3.63, 3.8) is 0 Å². The second-order valence-corrected chi connectivity index (χ2v) is 4.10. The smallest absolute Gasteiger partial charge is 0.130 e. The Bertz CT molecular complexity index is 376. The molecule has 0 fully saturated rings. The molecule has 0 aliphatic rings. The Morgan fingerprint density at radius 3 is 2.31 bits per heavy atom. The standard InChI is InChI=1S/C12H20N2O2/c1-8-10(15-3)6-5-9(11(8)16-4)12(2,14)7-13/h5-6H,7,13-14H2,1-4H3. The third-order valence-corrected chi connectivity index (χ3v) is 2.82. The van der Waals surface area contributed by atoms with Gasteiger partial charge in [-0.25, -0.2) is 0 Å². The van der Waals surface area contributed by atoms with Crippen LogP contribution in [0.25, 0.3) is 0 Å². The Morgan fingerprint density at radius 2 is 1.88 bits per heavy atom. The molecule has 4 nitrogen and oxygen atoms in total. The van der Waals surface area contributed by atoms with Gasteiger partial charge in [0.25, 0.3) is 0 Å². The third-order valence-electron chi connectivity index (χ3n) is 2.82. The molecule has 0 aromatic heterocycles. The van der Waals surface area contributed by atoms with Crippen LogP contribution in [0.2, 0.25) is 0 Å². The Labute approximate surface area is 96.5 Å². The molecule has 0 amide bonds. The van der Waals surface area contributed by atoms with Crippen molar-refractivity contribution < 1.29 is 9.47 Å². The van der Waals surface area contributed by atoms with Gasteiger partial charge in [0, 0.05) is 17.7 Å². The first-order valence-corrected chi connectivity index (χ1v) is 5.19. The number of benzene rings is 1. The van der Waals surface area contributed by atoms with Gasteiger partial charge in [-0.05, 0) is 26.0 Å². The van der Waals surface area contributed by atoms with Crippen LogP contribution in [0, 0.1) is 6.92 Å². The van der Waals surface area contributed by atoms with E-state index in [1.807, 2.05) is 26.0 Å². The van der Waals surface area contributed by atoms with Crippen molar-refractivity contribution in [2.45, 2.75) is 19.4 Å². The SMILES string of the molecule is COc1ccc(C(C)(N)CN)c(OC)c1C. The maximum Gasteiger partial charge on any atom is 0.130 e. The Morgan fingerprint density at radius 1 is 1.25 bits per heavy atom. The lowest BCUT2D eigenvalue weighted by Gasteiger charge is -2.26. The monoisotopic (exact) mass is 224 g/mol. The number of hydrogen-bond donors (Lipinski definition) is 2. The van der Waals surface area contributed by atoms with E-state index in [4.69, 9.17) is 20.9 Å². The zero-order chi connectivity index (χ0) is 12.3. The zero-order valence-electron chi connectivity index (χ0n) is 10.3. The van der Waals surface area contributed by atoms with E-state index >= 15 is 0 Å². The number of rotatable bonds is 4. The second kappa shape index (κ2) is 4.72. The fraction of sp³-hybridized carbons (Fsp3) is 0.500. The number of nitrogens with two attached hydrogens (primary N) is 2. The quantitative estimate of drug-likeness (QED) is 0.804. The predicted molar refractivity (Wildman–Crippen MR) is 64.9 cm³/mol. The van der Waals surface area contributed by atoms with Crippen molar-refractivity contribution in [1.29, 1.82) is 0 Å².